The van der Waals surface area contributed by atoms with Gasteiger partial charge in [-0.2, -0.15) is 5.06 Å². The number of carbonyl (C=O) groups is 2. The second kappa shape index (κ2) is 4.55. The monoisotopic (exact) mass is 234 g/mol. The Bertz CT molecular complexity index is 433. The second-order valence-electron chi connectivity index (χ2n) is 3.99. The molecule has 1 aromatic rings. The van der Waals surface area contributed by atoms with Crippen LogP contribution in [0, 0.1) is 0 Å². The zero-order valence-corrected chi connectivity index (χ0v) is 9.54. The zero-order valence-electron chi connectivity index (χ0n) is 9.54. The van der Waals surface area contributed by atoms with E-state index < -0.39 is 6.17 Å². The quantitative estimate of drug-likeness (QED) is 0.741. The molecule has 5 heteroatoms. The van der Waals surface area contributed by atoms with E-state index >= 15 is 0 Å². The third-order valence-corrected chi connectivity index (χ3v) is 2.85. The average molecular weight is 234 g/mol. The molecular weight excluding hydrogens is 220 g/mol. The highest BCUT2D eigenvalue weighted by molar-refractivity contribution is 5.80. The van der Waals surface area contributed by atoms with E-state index in [1.807, 2.05) is 6.07 Å². The van der Waals surface area contributed by atoms with Crippen molar-refractivity contribution in [3.05, 3.63) is 35.9 Å². The lowest BCUT2D eigenvalue weighted by Gasteiger charge is -2.39. The molecule has 1 aliphatic rings. The Morgan fingerprint density at radius 3 is 2.59 bits per heavy atom. The lowest BCUT2D eigenvalue weighted by molar-refractivity contribution is -0.206. The van der Waals surface area contributed by atoms with Crippen molar-refractivity contribution in [2.45, 2.75) is 19.5 Å². The fraction of sp³-hybridized carbons (Fsp3) is 0.333. The molecule has 0 aromatic heterocycles. The molecule has 1 saturated heterocycles. The van der Waals surface area contributed by atoms with Crippen LogP contribution in [0.25, 0.3) is 0 Å². The van der Waals surface area contributed by atoms with Gasteiger partial charge in [0.2, 0.25) is 11.8 Å². The molecule has 1 heterocycles. The summed E-state index contributed by atoms with van der Waals surface area (Å²) in [5.74, 6) is -0.526. The smallest absolute Gasteiger partial charge is 0.250 e. The molecule has 0 bridgehead atoms. The van der Waals surface area contributed by atoms with Gasteiger partial charge in [-0.15, -0.1) is 0 Å². The molecule has 2 rings (SSSR count). The molecule has 17 heavy (non-hydrogen) atoms. The van der Waals surface area contributed by atoms with Crippen molar-refractivity contribution >= 4 is 11.8 Å². The first kappa shape index (κ1) is 11.6. The van der Waals surface area contributed by atoms with Gasteiger partial charge in [-0.3, -0.25) is 14.8 Å². The van der Waals surface area contributed by atoms with Crippen LogP contribution in [0.1, 0.15) is 25.1 Å². The molecule has 1 atom stereocenters. The third-order valence-electron chi connectivity index (χ3n) is 2.85. The standard InChI is InChI=1S/C12H14N2O3/c1-9(15)13-8-7-11(16)14(17)12(13)10-5-3-2-4-6-10/h2-6,12,17H,7-8H2,1H3. The van der Waals surface area contributed by atoms with Crippen LogP contribution < -0.4 is 0 Å². The number of carbonyl (C=O) groups excluding carboxylic acids is 2. The Kier molecular flexibility index (Phi) is 3.10. The van der Waals surface area contributed by atoms with Gasteiger partial charge in [-0.05, 0) is 5.56 Å². The van der Waals surface area contributed by atoms with Gasteiger partial charge in [0, 0.05) is 19.9 Å². The summed E-state index contributed by atoms with van der Waals surface area (Å²) in [6, 6.07) is 9.01. The number of nitrogens with zero attached hydrogens (tertiary/aromatic N) is 2. The second-order valence-corrected chi connectivity index (χ2v) is 3.99. The lowest BCUT2D eigenvalue weighted by atomic mass is 10.1. The Morgan fingerprint density at radius 2 is 2.00 bits per heavy atom. The Morgan fingerprint density at radius 1 is 1.35 bits per heavy atom. The van der Waals surface area contributed by atoms with Crippen molar-refractivity contribution in [1.82, 2.24) is 9.96 Å². The molecule has 5 nitrogen and oxygen atoms in total. The van der Waals surface area contributed by atoms with Crippen LogP contribution in [-0.4, -0.2) is 33.5 Å². The summed E-state index contributed by atoms with van der Waals surface area (Å²) in [6.45, 7) is 1.77. The molecule has 1 N–H and O–H groups in total. The van der Waals surface area contributed by atoms with Gasteiger partial charge in [-0.1, -0.05) is 30.3 Å². The number of amides is 2. The SMILES string of the molecule is CC(=O)N1CCC(=O)N(O)C1c1ccccc1. The van der Waals surface area contributed by atoms with Crippen molar-refractivity contribution in [2.75, 3.05) is 6.54 Å². The highest BCUT2D eigenvalue weighted by Crippen LogP contribution is 2.28. The summed E-state index contributed by atoms with van der Waals surface area (Å²) in [5.41, 5.74) is 0.721. The predicted molar refractivity (Wildman–Crippen MR) is 59.8 cm³/mol. The van der Waals surface area contributed by atoms with E-state index in [9.17, 15) is 14.8 Å². The minimum absolute atomic E-state index is 0.152. The molecule has 1 unspecified atom stereocenters. The minimum atomic E-state index is -0.713. The highest BCUT2D eigenvalue weighted by Gasteiger charge is 2.35. The summed E-state index contributed by atoms with van der Waals surface area (Å²) in [4.78, 5) is 24.5. The maximum atomic E-state index is 11.5. The molecule has 1 aliphatic heterocycles. The maximum absolute atomic E-state index is 11.5. The molecule has 0 aliphatic carbocycles. The van der Waals surface area contributed by atoms with Crippen molar-refractivity contribution in [2.24, 2.45) is 0 Å². The predicted octanol–water partition coefficient (Wildman–Crippen LogP) is 1.16. The summed E-state index contributed by atoms with van der Waals surface area (Å²) >= 11 is 0. The number of hydroxylamine groups is 2. The summed E-state index contributed by atoms with van der Waals surface area (Å²) in [6.07, 6.45) is -0.561. The van der Waals surface area contributed by atoms with E-state index in [2.05, 4.69) is 0 Å². The molecule has 0 spiro atoms. The van der Waals surface area contributed by atoms with Crippen molar-refractivity contribution in [1.29, 1.82) is 0 Å². The van der Waals surface area contributed by atoms with Crippen LogP contribution >= 0.6 is 0 Å². The van der Waals surface area contributed by atoms with Gasteiger partial charge >= 0.3 is 0 Å². The maximum Gasteiger partial charge on any atom is 0.250 e. The molecule has 1 fully saturated rings. The number of rotatable bonds is 1. The van der Waals surface area contributed by atoms with Gasteiger partial charge < -0.3 is 4.90 Å². The van der Waals surface area contributed by atoms with Gasteiger partial charge in [0.15, 0.2) is 6.17 Å². The van der Waals surface area contributed by atoms with Gasteiger partial charge in [0.05, 0.1) is 0 Å². The average Bonchev–Trinajstić information content (AvgIpc) is 2.33. The van der Waals surface area contributed by atoms with Crippen molar-refractivity contribution in [3.8, 4) is 0 Å². The Labute approximate surface area is 99.2 Å². The van der Waals surface area contributed by atoms with Crippen LogP contribution in [0.5, 0.6) is 0 Å². The number of benzene rings is 1. The molecule has 1 aromatic carbocycles. The van der Waals surface area contributed by atoms with Crippen LogP contribution in [0.15, 0.2) is 30.3 Å². The van der Waals surface area contributed by atoms with Crippen molar-refractivity contribution < 1.29 is 14.8 Å². The Balaban J connectivity index is 2.37. The van der Waals surface area contributed by atoms with Crippen LogP contribution in [0.4, 0.5) is 0 Å². The summed E-state index contributed by atoms with van der Waals surface area (Å²) in [5, 5.41) is 10.4. The number of hydrogen-bond donors (Lipinski definition) is 1. The third kappa shape index (κ3) is 2.14. The zero-order chi connectivity index (χ0) is 12.4. The first-order valence-corrected chi connectivity index (χ1v) is 5.44. The van der Waals surface area contributed by atoms with E-state index in [0.29, 0.717) is 11.6 Å². The molecule has 0 saturated carbocycles. The fourth-order valence-corrected chi connectivity index (χ4v) is 2.00. The topological polar surface area (TPSA) is 60.9 Å². The van der Waals surface area contributed by atoms with Gasteiger partial charge in [-0.25, -0.2) is 0 Å². The summed E-state index contributed by atoms with van der Waals surface area (Å²) in [7, 11) is 0. The van der Waals surface area contributed by atoms with E-state index in [1.165, 1.54) is 11.8 Å². The first-order valence-electron chi connectivity index (χ1n) is 5.44. The van der Waals surface area contributed by atoms with E-state index in [-0.39, 0.29) is 18.2 Å². The minimum Gasteiger partial charge on any atom is -0.316 e. The molecule has 0 radical (unpaired) electrons. The van der Waals surface area contributed by atoms with Crippen LogP contribution in [-0.2, 0) is 9.59 Å². The highest BCUT2D eigenvalue weighted by atomic mass is 16.5. The molecule has 90 valence electrons. The van der Waals surface area contributed by atoms with Crippen molar-refractivity contribution in [3.63, 3.8) is 0 Å². The first-order chi connectivity index (χ1) is 8.11. The fourth-order valence-electron chi connectivity index (χ4n) is 2.00. The lowest BCUT2D eigenvalue weighted by Crippen LogP contribution is -2.50. The largest absolute Gasteiger partial charge is 0.316 e. The molecular formula is C12H14N2O3. The number of hydrogen-bond acceptors (Lipinski definition) is 3. The van der Waals surface area contributed by atoms with Crippen LogP contribution in [0.2, 0.25) is 0 Å². The van der Waals surface area contributed by atoms with E-state index in [4.69, 9.17) is 0 Å². The summed E-state index contributed by atoms with van der Waals surface area (Å²) < 4.78 is 0. The van der Waals surface area contributed by atoms with Crippen LogP contribution in [0.3, 0.4) is 0 Å². The van der Waals surface area contributed by atoms with E-state index in [1.54, 1.807) is 24.3 Å². The van der Waals surface area contributed by atoms with E-state index in [0.717, 1.165) is 5.56 Å². The molecule has 2 amide bonds. The Hall–Kier alpha value is -1.88. The normalized spacial score (nSPS) is 20.6. The van der Waals surface area contributed by atoms with Gasteiger partial charge in [0.25, 0.3) is 0 Å². The van der Waals surface area contributed by atoms with Gasteiger partial charge in [0.1, 0.15) is 0 Å².